The zero-order valence-electron chi connectivity index (χ0n) is 17.2. The van der Waals surface area contributed by atoms with Crippen molar-refractivity contribution in [2.24, 2.45) is 5.11 Å². The highest BCUT2D eigenvalue weighted by Gasteiger charge is 2.43. The monoisotopic (exact) mass is 411 g/mol. The van der Waals surface area contributed by atoms with Crippen LogP contribution < -0.4 is 5.19 Å². The molecule has 0 spiro atoms. The Balaban J connectivity index is 2.46. The number of aliphatic hydroxyl groups is 1. The van der Waals surface area contributed by atoms with Crippen LogP contribution in [0.1, 0.15) is 31.4 Å². The van der Waals surface area contributed by atoms with Crippen molar-refractivity contribution in [2.45, 2.75) is 50.5 Å². The number of carbonyl (C=O) groups excluding carboxylic acids is 1. The Kier molecular flexibility index (Phi) is 8.45. The molecule has 29 heavy (non-hydrogen) atoms. The van der Waals surface area contributed by atoms with Gasteiger partial charge in [0.15, 0.2) is 0 Å². The van der Waals surface area contributed by atoms with Crippen molar-refractivity contribution in [3.63, 3.8) is 0 Å². The maximum Gasteiger partial charge on any atom is 0.305 e. The molecule has 0 heterocycles. The molecule has 0 aliphatic rings. The van der Waals surface area contributed by atoms with Crippen LogP contribution in [-0.4, -0.2) is 31.8 Å². The number of carbonyl (C=O) groups is 1. The van der Waals surface area contributed by atoms with Gasteiger partial charge in [-0.05, 0) is 30.0 Å². The molecular weight excluding hydrogens is 382 g/mol. The minimum Gasteiger partial charge on any atom is -0.466 e. The Labute approximate surface area is 173 Å². The normalized spacial score (nSPS) is 14.3. The smallest absolute Gasteiger partial charge is 0.305 e. The van der Waals surface area contributed by atoms with Crippen LogP contribution in [0, 0.1) is 0 Å². The van der Waals surface area contributed by atoms with E-state index in [4.69, 9.17) is 4.74 Å². The molecule has 3 atom stereocenters. The standard InChI is InChI=1S/C22H29N3O3Si/c1-4-28-20(26)16-15-19(24-25-23)22(21(27)17-11-7-5-8-12-17)29(2,3)18-13-9-6-10-14-18/h5-14,19,21-22,27H,4,15-16H2,1-3H3/t19-,21-,22+/m0/s1. The molecule has 2 aromatic rings. The van der Waals surface area contributed by atoms with E-state index in [2.05, 4.69) is 35.3 Å². The number of azide groups is 1. The van der Waals surface area contributed by atoms with Gasteiger partial charge in [0.05, 0.1) is 20.8 Å². The molecule has 0 saturated carbocycles. The van der Waals surface area contributed by atoms with E-state index < -0.39 is 20.2 Å². The van der Waals surface area contributed by atoms with E-state index in [9.17, 15) is 15.4 Å². The highest BCUT2D eigenvalue weighted by atomic mass is 28.3. The summed E-state index contributed by atoms with van der Waals surface area (Å²) in [5.41, 5.74) is 9.69. The molecular formula is C22H29N3O3Si. The lowest BCUT2D eigenvalue weighted by Gasteiger charge is -2.40. The van der Waals surface area contributed by atoms with Crippen LogP contribution in [0.3, 0.4) is 0 Å². The van der Waals surface area contributed by atoms with Crippen molar-refractivity contribution in [3.05, 3.63) is 76.7 Å². The molecule has 154 valence electrons. The summed E-state index contributed by atoms with van der Waals surface area (Å²) in [4.78, 5) is 15.0. The van der Waals surface area contributed by atoms with Crippen molar-refractivity contribution in [1.82, 2.24) is 0 Å². The number of hydrogen-bond donors (Lipinski definition) is 1. The van der Waals surface area contributed by atoms with Crippen molar-refractivity contribution in [3.8, 4) is 0 Å². The summed E-state index contributed by atoms with van der Waals surface area (Å²) in [6.45, 7) is 6.41. The predicted octanol–water partition coefficient (Wildman–Crippen LogP) is 4.73. The van der Waals surface area contributed by atoms with Crippen LogP contribution in [0.2, 0.25) is 18.6 Å². The fourth-order valence-electron chi connectivity index (χ4n) is 3.88. The first-order valence-corrected chi connectivity index (χ1v) is 13.0. The number of esters is 1. The summed E-state index contributed by atoms with van der Waals surface area (Å²) in [6.07, 6.45) is -0.328. The van der Waals surface area contributed by atoms with E-state index in [1.54, 1.807) is 6.92 Å². The van der Waals surface area contributed by atoms with E-state index in [1.807, 2.05) is 48.5 Å². The van der Waals surface area contributed by atoms with Crippen LogP contribution >= 0.6 is 0 Å². The van der Waals surface area contributed by atoms with Gasteiger partial charge in [-0.15, -0.1) is 0 Å². The lowest BCUT2D eigenvalue weighted by molar-refractivity contribution is -0.143. The van der Waals surface area contributed by atoms with Gasteiger partial charge in [0.2, 0.25) is 0 Å². The quantitative estimate of drug-likeness (QED) is 0.201. The molecule has 7 heteroatoms. The second-order valence-corrected chi connectivity index (χ2v) is 12.3. The van der Waals surface area contributed by atoms with Gasteiger partial charge < -0.3 is 9.84 Å². The van der Waals surface area contributed by atoms with Crippen LogP contribution in [0.5, 0.6) is 0 Å². The number of ether oxygens (including phenoxy) is 1. The Morgan fingerprint density at radius 3 is 2.28 bits per heavy atom. The van der Waals surface area contributed by atoms with Crippen molar-refractivity contribution in [2.75, 3.05) is 6.61 Å². The second-order valence-electron chi connectivity index (χ2n) is 7.58. The van der Waals surface area contributed by atoms with Gasteiger partial charge in [0.25, 0.3) is 0 Å². The summed E-state index contributed by atoms with van der Waals surface area (Å²) < 4.78 is 5.04. The van der Waals surface area contributed by atoms with Crippen LogP contribution in [-0.2, 0) is 9.53 Å². The van der Waals surface area contributed by atoms with Crippen molar-refractivity contribution in [1.29, 1.82) is 0 Å². The summed E-state index contributed by atoms with van der Waals surface area (Å²) in [7, 11) is -2.31. The van der Waals surface area contributed by atoms with Gasteiger partial charge >= 0.3 is 5.97 Å². The molecule has 0 radical (unpaired) electrons. The summed E-state index contributed by atoms with van der Waals surface area (Å²) in [6, 6.07) is 19.0. The molecule has 0 unspecified atom stereocenters. The molecule has 2 rings (SSSR count). The van der Waals surface area contributed by atoms with Crippen LogP contribution in [0.25, 0.3) is 10.4 Å². The van der Waals surface area contributed by atoms with Gasteiger partial charge in [-0.3, -0.25) is 4.79 Å². The molecule has 0 aliphatic heterocycles. The summed E-state index contributed by atoms with van der Waals surface area (Å²) >= 11 is 0. The van der Waals surface area contributed by atoms with E-state index in [0.29, 0.717) is 13.0 Å². The lowest BCUT2D eigenvalue weighted by Crippen LogP contribution is -2.51. The largest absolute Gasteiger partial charge is 0.466 e. The minimum atomic E-state index is -2.31. The fourth-order valence-corrected chi connectivity index (χ4v) is 7.49. The molecule has 0 aliphatic carbocycles. The molecule has 0 saturated heterocycles. The molecule has 0 bridgehead atoms. The molecule has 2 aromatic carbocycles. The molecule has 0 aromatic heterocycles. The minimum absolute atomic E-state index is 0.148. The third kappa shape index (κ3) is 5.94. The molecule has 0 fully saturated rings. The molecule has 6 nitrogen and oxygen atoms in total. The Bertz CT molecular complexity index is 824. The van der Waals surface area contributed by atoms with E-state index in [-0.39, 0.29) is 17.9 Å². The Morgan fingerprint density at radius 2 is 1.72 bits per heavy atom. The number of nitrogens with zero attached hydrogens (tertiary/aromatic N) is 3. The predicted molar refractivity (Wildman–Crippen MR) is 118 cm³/mol. The highest BCUT2D eigenvalue weighted by Crippen LogP contribution is 2.41. The zero-order chi connectivity index (χ0) is 21.3. The molecule has 1 N–H and O–H groups in total. The van der Waals surface area contributed by atoms with Gasteiger partial charge in [-0.25, -0.2) is 0 Å². The van der Waals surface area contributed by atoms with Gasteiger partial charge in [-0.2, -0.15) is 0 Å². The topological polar surface area (TPSA) is 95.3 Å². The lowest BCUT2D eigenvalue weighted by atomic mass is 9.98. The first-order valence-electron chi connectivity index (χ1n) is 9.90. The summed E-state index contributed by atoms with van der Waals surface area (Å²) in [5, 5.41) is 16.6. The van der Waals surface area contributed by atoms with E-state index in [1.165, 1.54) is 0 Å². The maximum absolute atomic E-state index is 11.9. The first kappa shape index (κ1) is 22.7. The average Bonchev–Trinajstić information content (AvgIpc) is 2.73. The first-order chi connectivity index (χ1) is 13.9. The SMILES string of the molecule is CCOC(=O)CC[C@H](N=[N+]=[N-])[C@H]([C@@H](O)c1ccccc1)[Si](C)(C)c1ccccc1. The average molecular weight is 412 g/mol. The third-order valence-corrected chi connectivity index (χ3v) is 9.58. The van der Waals surface area contributed by atoms with Gasteiger partial charge in [-0.1, -0.05) is 84.1 Å². The second kappa shape index (κ2) is 10.8. The van der Waals surface area contributed by atoms with Crippen molar-refractivity contribution < 1.29 is 14.6 Å². The Morgan fingerprint density at radius 1 is 1.14 bits per heavy atom. The summed E-state index contributed by atoms with van der Waals surface area (Å²) in [5.74, 6) is -0.322. The highest BCUT2D eigenvalue weighted by molar-refractivity contribution is 6.91. The van der Waals surface area contributed by atoms with Gasteiger partial charge in [0.1, 0.15) is 0 Å². The van der Waals surface area contributed by atoms with E-state index >= 15 is 0 Å². The van der Waals surface area contributed by atoms with Gasteiger partial charge in [0, 0.05) is 17.4 Å². The number of aliphatic hydroxyl groups excluding tert-OH is 1. The number of hydrogen-bond acceptors (Lipinski definition) is 4. The molecule has 0 amide bonds. The number of benzene rings is 2. The third-order valence-electron chi connectivity index (χ3n) is 5.40. The van der Waals surface area contributed by atoms with Crippen molar-refractivity contribution >= 4 is 19.2 Å². The van der Waals surface area contributed by atoms with Crippen LogP contribution in [0.15, 0.2) is 65.8 Å². The number of rotatable bonds is 10. The Hall–Kier alpha value is -2.60. The van der Waals surface area contributed by atoms with Crippen LogP contribution in [0.4, 0.5) is 0 Å². The zero-order valence-corrected chi connectivity index (χ0v) is 18.2. The maximum atomic E-state index is 11.9. The fraction of sp³-hybridized carbons (Fsp3) is 0.409. The van der Waals surface area contributed by atoms with E-state index in [0.717, 1.165) is 10.8 Å².